The molecule has 0 atom stereocenters. The van der Waals surface area contributed by atoms with Crippen LogP contribution >= 0.6 is 0 Å². The number of amides is 1. The minimum absolute atomic E-state index is 0.225. The highest BCUT2D eigenvalue weighted by Crippen LogP contribution is 2.30. The number of rotatable bonds is 7. The van der Waals surface area contributed by atoms with Crippen LogP contribution in [0.25, 0.3) is 22.6 Å². The molecule has 2 saturated carbocycles. The molecule has 2 N–H and O–H groups in total. The Labute approximate surface area is 173 Å². The van der Waals surface area contributed by atoms with Gasteiger partial charge < -0.3 is 15.1 Å². The molecular weight excluding hydrogens is 383 g/mol. The predicted octanol–water partition coefficient (Wildman–Crippen LogP) is 4.00. The topological polar surface area (TPSA) is 80.0 Å². The fourth-order valence-corrected chi connectivity index (χ4v) is 3.36. The van der Waals surface area contributed by atoms with Crippen molar-refractivity contribution in [2.24, 2.45) is 0 Å². The highest BCUT2D eigenvalue weighted by molar-refractivity contribution is 5.96. The smallest absolute Gasteiger partial charge is 0.251 e. The maximum atomic E-state index is 14.5. The molecule has 7 heteroatoms. The van der Waals surface area contributed by atoms with Gasteiger partial charge in [-0.3, -0.25) is 4.79 Å². The third-order valence-electron chi connectivity index (χ3n) is 5.55. The summed E-state index contributed by atoms with van der Waals surface area (Å²) in [5.74, 6) is 0.401. The van der Waals surface area contributed by atoms with Gasteiger partial charge in [0.1, 0.15) is 5.82 Å². The van der Waals surface area contributed by atoms with Gasteiger partial charge in [-0.15, -0.1) is 10.2 Å². The zero-order valence-electron chi connectivity index (χ0n) is 16.7. The SMILES string of the molecule is Cc1c(F)cc(C(=O)NC2CC2)cc1-c1ccc(-c2nnc(CNC3CC3)o2)cc1. The van der Waals surface area contributed by atoms with Gasteiger partial charge in [0.05, 0.1) is 6.54 Å². The van der Waals surface area contributed by atoms with E-state index >= 15 is 0 Å². The number of nitrogens with one attached hydrogen (secondary N) is 2. The van der Waals surface area contributed by atoms with E-state index in [4.69, 9.17) is 4.42 Å². The van der Waals surface area contributed by atoms with E-state index in [0.717, 1.165) is 24.0 Å². The summed E-state index contributed by atoms with van der Waals surface area (Å²) >= 11 is 0. The van der Waals surface area contributed by atoms with E-state index in [1.807, 2.05) is 24.3 Å². The lowest BCUT2D eigenvalue weighted by atomic mass is 9.96. The van der Waals surface area contributed by atoms with Gasteiger partial charge in [0.2, 0.25) is 11.8 Å². The molecule has 0 bridgehead atoms. The van der Waals surface area contributed by atoms with Crippen molar-refractivity contribution in [1.82, 2.24) is 20.8 Å². The van der Waals surface area contributed by atoms with Gasteiger partial charge >= 0.3 is 0 Å². The summed E-state index contributed by atoms with van der Waals surface area (Å²) in [5.41, 5.74) is 3.17. The van der Waals surface area contributed by atoms with Crippen LogP contribution in [0.5, 0.6) is 0 Å². The van der Waals surface area contributed by atoms with Gasteiger partial charge in [-0.05, 0) is 73.6 Å². The van der Waals surface area contributed by atoms with Crippen molar-refractivity contribution < 1.29 is 13.6 Å². The first-order valence-electron chi connectivity index (χ1n) is 10.3. The van der Waals surface area contributed by atoms with Crippen LogP contribution in [0.2, 0.25) is 0 Å². The van der Waals surface area contributed by atoms with Crippen molar-refractivity contribution in [3.8, 4) is 22.6 Å². The van der Waals surface area contributed by atoms with Crippen molar-refractivity contribution in [3.63, 3.8) is 0 Å². The number of carbonyl (C=O) groups excluding carboxylic acids is 1. The first kappa shape index (κ1) is 18.9. The normalized spacial score (nSPS) is 15.9. The molecule has 0 saturated heterocycles. The molecule has 0 spiro atoms. The molecule has 1 aromatic heterocycles. The van der Waals surface area contributed by atoms with Gasteiger partial charge in [-0.25, -0.2) is 4.39 Å². The fourth-order valence-electron chi connectivity index (χ4n) is 3.36. The van der Waals surface area contributed by atoms with Gasteiger partial charge in [-0.2, -0.15) is 0 Å². The van der Waals surface area contributed by atoms with Crippen LogP contribution in [-0.4, -0.2) is 28.2 Å². The predicted molar refractivity (Wildman–Crippen MR) is 110 cm³/mol. The van der Waals surface area contributed by atoms with Crippen molar-refractivity contribution >= 4 is 5.91 Å². The molecule has 3 aromatic rings. The second-order valence-electron chi connectivity index (χ2n) is 8.11. The zero-order valence-corrected chi connectivity index (χ0v) is 16.7. The Morgan fingerprint density at radius 2 is 1.77 bits per heavy atom. The van der Waals surface area contributed by atoms with Gasteiger partial charge in [0, 0.05) is 23.2 Å². The minimum atomic E-state index is -0.387. The standard InChI is InChI=1S/C23H23FN4O2/c1-13-19(10-16(11-20(13)24)22(29)26-18-8-9-18)14-2-4-15(5-3-14)23-28-27-21(30-23)12-25-17-6-7-17/h2-5,10-11,17-18,25H,6-9,12H2,1H3,(H,26,29). The summed E-state index contributed by atoms with van der Waals surface area (Å²) in [6, 6.07) is 11.4. The van der Waals surface area contributed by atoms with Crippen LogP contribution in [-0.2, 0) is 6.54 Å². The van der Waals surface area contributed by atoms with Crippen LogP contribution < -0.4 is 10.6 Å². The Hall–Kier alpha value is -3.06. The summed E-state index contributed by atoms with van der Waals surface area (Å²) in [6.07, 6.45) is 4.38. The number of benzene rings is 2. The van der Waals surface area contributed by atoms with E-state index < -0.39 is 0 Å². The number of halogens is 1. The Kier molecular flexibility index (Phi) is 4.83. The van der Waals surface area contributed by atoms with Crippen molar-refractivity contribution in [3.05, 3.63) is 59.2 Å². The van der Waals surface area contributed by atoms with Crippen LogP contribution in [0.4, 0.5) is 4.39 Å². The Bertz CT molecular complexity index is 1090. The first-order chi connectivity index (χ1) is 14.6. The quantitative estimate of drug-likeness (QED) is 0.620. The second-order valence-corrected chi connectivity index (χ2v) is 8.11. The summed E-state index contributed by atoms with van der Waals surface area (Å²) in [5, 5.41) is 14.5. The van der Waals surface area contributed by atoms with E-state index in [-0.39, 0.29) is 17.8 Å². The molecule has 1 amide bonds. The highest BCUT2D eigenvalue weighted by atomic mass is 19.1. The number of hydrogen-bond donors (Lipinski definition) is 2. The van der Waals surface area contributed by atoms with Crippen LogP contribution in [0.3, 0.4) is 0 Å². The first-order valence-corrected chi connectivity index (χ1v) is 10.3. The average molecular weight is 406 g/mol. The van der Waals surface area contributed by atoms with Crippen LogP contribution in [0.1, 0.15) is 47.5 Å². The van der Waals surface area contributed by atoms with Gasteiger partial charge in [0.15, 0.2) is 0 Å². The van der Waals surface area contributed by atoms with Gasteiger partial charge in [0.25, 0.3) is 5.91 Å². The van der Waals surface area contributed by atoms with Crippen molar-refractivity contribution in [2.75, 3.05) is 0 Å². The minimum Gasteiger partial charge on any atom is -0.419 e. The lowest BCUT2D eigenvalue weighted by Gasteiger charge is -2.11. The Morgan fingerprint density at radius 1 is 1.07 bits per heavy atom. The van der Waals surface area contributed by atoms with Gasteiger partial charge in [-0.1, -0.05) is 12.1 Å². The Morgan fingerprint density at radius 3 is 2.47 bits per heavy atom. The van der Waals surface area contributed by atoms with E-state index in [1.165, 1.54) is 18.9 Å². The summed E-state index contributed by atoms with van der Waals surface area (Å²) < 4.78 is 20.2. The molecule has 2 aliphatic carbocycles. The Balaban J connectivity index is 1.36. The number of carbonyl (C=O) groups is 1. The van der Waals surface area contributed by atoms with E-state index in [2.05, 4.69) is 20.8 Å². The summed E-state index contributed by atoms with van der Waals surface area (Å²) in [6.45, 7) is 2.29. The van der Waals surface area contributed by atoms with Crippen molar-refractivity contribution in [1.29, 1.82) is 0 Å². The van der Waals surface area contributed by atoms with E-state index in [9.17, 15) is 9.18 Å². The molecule has 6 nitrogen and oxygen atoms in total. The molecule has 0 aliphatic heterocycles. The molecule has 0 unspecified atom stereocenters. The molecule has 5 rings (SSSR count). The molecule has 2 fully saturated rings. The van der Waals surface area contributed by atoms with Crippen molar-refractivity contribution in [2.45, 2.75) is 51.2 Å². The number of nitrogens with zero attached hydrogens (tertiary/aromatic N) is 2. The van der Waals surface area contributed by atoms with E-state index in [1.54, 1.807) is 13.0 Å². The third-order valence-corrected chi connectivity index (χ3v) is 5.55. The molecule has 2 aromatic carbocycles. The van der Waals surface area contributed by atoms with E-state index in [0.29, 0.717) is 41.1 Å². The second kappa shape index (κ2) is 7.65. The average Bonchev–Trinajstić information content (AvgIpc) is 3.69. The molecule has 0 radical (unpaired) electrons. The monoisotopic (exact) mass is 406 g/mol. The lowest BCUT2D eigenvalue weighted by Crippen LogP contribution is -2.25. The lowest BCUT2D eigenvalue weighted by molar-refractivity contribution is 0.0950. The third kappa shape index (κ3) is 4.11. The molecule has 1 heterocycles. The maximum Gasteiger partial charge on any atom is 0.251 e. The number of aromatic nitrogens is 2. The molecule has 30 heavy (non-hydrogen) atoms. The summed E-state index contributed by atoms with van der Waals surface area (Å²) in [7, 11) is 0. The summed E-state index contributed by atoms with van der Waals surface area (Å²) in [4.78, 5) is 12.4. The zero-order chi connectivity index (χ0) is 20.7. The maximum absolute atomic E-state index is 14.5. The molecule has 154 valence electrons. The fraction of sp³-hybridized carbons (Fsp3) is 0.348. The van der Waals surface area contributed by atoms with Crippen LogP contribution in [0, 0.1) is 12.7 Å². The molecule has 2 aliphatic rings. The highest BCUT2D eigenvalue weighted by Gasteiger charge is 2.25. The largest absolute Gasteiger partial charge is 0.419 e. The van der Waals surface area contributed by atoms with Crippen LogP contribution in [0.15, 0.2) is 40.8 Å². The molecular formula is C23H23FN4O2. The number of hydrogen-bond acceptors (Lipinski definition) is 5.